The summed E-state index contributed by atoms with van der Waals surface area (Å²) in [5, 5.41) is 1.79. The molecular weight excluding hydrogens is 386 g/mol. The van der Waals surface area contributed by atoms with E-state index in [2.05, 4.69) is 4.72 Å². The first-order valence-electron chi connectivity index (χ1n) is 8.10. The van der Waals surface area contributed by atoms with Gasteiger partial charge in [0.05, 0.1) is 16.1 Å². The third-order valence-electron chi connectivity index (χ3n) is 3.69. The van der Waals surface area contributed by atoms with Crippen LogP contribution in [0.15, 0.2) is 53.4 Å². The average molecular weight is 405 g/mol. The van der Waals surface area contributed by atoms with Crippen molar-refractivity contribution in [1.82, 2.24) is 5.32 Å². The molecule has 0 saturated carbocycles. The van der Waals surface area contributed by atoms with Gasteiger partial charge >= 0.3 is 12.0 Å². The van der Waals surface area contributed by atoms with Crippen molar-refractivity contribution in [2.75, 3.05) is 4.72 Å². The van der Waals surface area contributed by atoms with Crippen LogP contribution in [0.25, 0.3) is 0 Å². The van der Waals surface area contributed by atoms with Crippen LogP contribution in [-0.4, -0.2) is 32.4 Å². The summed E-state index contributed by atoms with van der Waals surface area (Å²) in [5.41, 5.74) is 6.06. The Hall–Kier alpha value is -3.40. The van der Waals surface area contributed by atoms with Gasteiger partial charge in [0.2, 0.25) is 0 Å². The fourth-order valence-electron chi connectivity index (χ4n) is 2.17. The highest BCUT2D eigenvalue weighted by Crippen LogP contribution is 2.20. The maximum absolute atomic E-state index is 12.5. The van der Waals surface area contributed by atoms with Crippen LogP contribution in [0.1, 0.15) is 22.8 Å². The Bertz CT molecular complexity index is 1000. The third-order valence-corrected chi connectivity index (χ3v) is 5.07. The molecule has 0 spiro atoms. The largest absolute Gasteiger partial charge is 0.449 e. The Balaban J connectivity index is 2.10. The van der Waals surface area contributed by atoms with E-state index >= 15 is 0 Å². The number of imide groups is 1. The minimum Gasteiger partial charge on any atom is -0.449 e. The Kier molecular flexibility index (Phi) is 6.37. The molecule has 0 fully saturated rings. The number of aryl methyl sites for hydroxylation is 1. The molecule has 2 aromatic carbocycles. The van der Waals surface area contributed by atoms with E-state index in [0.29, 0.717) is 5.69 Å². The van der Waals surface area contributed by atoms with Gasteiger partial charge in [-0.05, 0) is 49.7 Å². The highest BCUT2D eigenvalue weighted by atomic mass is 32.2. The Morgan fingerprint density at radius 3 is 2.21 bits per heavy atom. The molecule has 1 atom stereocenters. The molecule has 4 N–H and O–H groups in total. The molecule has 1 unspecified atom stereocenters. The Morgan fingerprint density at radius 2 is 1.64 bits per heavy atom. The van der Waals surface area contributed by atoms with Crippen molar-refractivity contribution >= 4 is 33.6 Å². The standard InChI is InChI=1S/C18H19N3O6S/c1-11-5-3-4-6-15(11)21-28(25,26)14-9-7-13(8-10-14)17(23)27-12(2)16(22)20-18(19)24/h3-10,12,21H,1-2H3,(H3,19,20,22,24). The third kappa shape index (κ3) is 5.30. The number of carbonyl (C=O) groups excluding carboxylic acids is 3. The van der Waals surface area contributed by atoms with E-state index in [1.807, 2.05) is 0 Å². The maximum Gasteiger partial charge on any atom is 0.338 e. The number of nitrogens with one attached hydrogen (secondary N) is 2. The number of rotatable bonds is 6. The molecule has 0 bridgehead atoms. The van der Waals surface area contributed by atoms with Crippen LogP contribution in [0, 0.1) is 6.92 Å². The number of para-hydroxylation sites is 1. The molecule has 0 heterocycles. The van der Waals surface area contributed by atoms with E-state index in [1.54, 1.807) is 36.5 Å². The number of hydrogen-bond donors (Lipinski definition) is 3. The number of primary amides is 1. The molecule has 0 radical (unpaired) electrons. The summed E-state index contributed by atoms with van der Waals surface area (Å²) in [5.74, 6) is -1.73. The highest BCUT2D eigenvalue weighted by molar-refractivity contribution is 7.92. The summed E-state index contributed by atoms with van der Waals surface area (Å²) >= 11 is 0. The Labute approximate surface area is 161 Å². The number of carbonyl (C=O) groups is 3. The van der Waals surface area contributed by atoms with E-state index in [1.165, 1.54) is 31.2 Å². The SMILES string of the molecule is Cc1ccccc1NS(=O)(=O)c1ccc(C(=O)OC(C)C(=O)NC(N)=O)cc1. The number of sulfonamides is 1. The van der Waals surface area contributed by atoms with Crippen molar-refractivity contribution in [3.05, 3.63) is 59.7 Å². The number of esters is 1. The van der Waals surface area contributed by atoms with Crippen molar-refractivity contribution in [3.8, 4) is 0 Å². The lowest BCUT2D eigenvalue weighted by Crippen LogP contribution is -2.42. The molecule has 3 amide bonds. The fourth-order valence-corrected chi connectivity index (χ4v) is 3.30. The van der Waals surface area contributed by atoms with Crippen molar-refractivity contribution in [1.29, 1.82) is 0 Å². The second kappa shape index (κ2) is 8.53. The molecule has 10 heteroatoms. The number of benzene rings is 2. The number of ether oxygens (including phenoxy) is 1. The van der Waals surface area contributed by atoms with Crippen molar-refractivity contribution in [3.63, 3.8) is 0 Å². The van der Waals surface area contributed by atoms with E-state index in [-0.39, 0.29) is 10.5 Å². The van der Waals surface area contributed by atoms with Gasteiger partial charge in [-0.15, -0.1) is 0 Å². The molecule has 0 saturated heterocycles. The molecule has 28 heavy (non-hydrogen) atoms. The van der Waals surface area contributed by atoms with Gasteiger partial charge in [0.1, 0.15) is 0 Å². The van der Waals surface area contributed by atoms with Gasteiger partial charge < -0.3 is 10.5 Å². The summed E-state index contributed by atoms with van der Waals surface area (Å²) in [4.78, 5) is 34.2. The molecule has 9 nitrogen and oxygen atoms in total. The molecule has 0 aliphatic carbocycles. The zero-order chi connectivity index (χ0) is 20.9. The first-order valence-corrected chi connectivity index (χ1v) is 9.58. The predicted molar refractivity (Wildman–Crippen MR) is 101 cm³/mol. The fraction of sp³-hybridized carbons (Fsp3) is 0.167. The summed E-state index contributed by atoms with van der Waals surface area (Å²) in [6, 6.07) is 10.8. The predicted octanol–water partition coefficient (Wildman–Crippen LogP) is 1.54. The summed E-state index contributed by atoms with van der Waals surface area (Å²) in [6.07, 6.45) is -1.26. The van der Waals surface area contributed by atoms with Gasteiger partial charge in [0.15, 0.2) is 6.10 Å². The van der Waals surface area contributed by atoms with Crippen LogP contribution < -0.4 is 15.8 Å². The minimum atomic E-state index is -3.85. The number of urea groups is 1. The second-order valence-electron chi connectivity index (χ2n) is 5.85. The molecule has 0 aliphatic heterocycles. The van der Waals surface area contributed by atoms with Gasteiger partial charge in [0.25, 0.3) is 15.9 Å². The molecule has 2 rings (SSSR count). The quantitative estimate of drug-likeness (QED) is 0.622. The normalized spacial score (nSPS) is 11.9. The van der Waals surface area contributed by atoms with Crippen LogP contribution in [-0.2, 0) is 19.6 Å². The number of hydrogen-bond acceptors (Lipinski definition) is 6. The summed E-state index contributed by atoms with van der Waals surface area (Å²) < 4.78 is 32.3. The van der Waals surface area contributed by atoms with Crippen LogP contribution in [0.2, 0.25) is 0 Å². The minimum absolute atomic E-state index is 0.0357. The molecular formula is C18H19N3O6S. The lowest BCUT2D eigenvalue weighted by atomic mass is 10.2. The first-order chi connectivity index (χ1) is 13.1. The zero-order valence-corrected chi connectivity index (χ0v) is 15.9. The van der Waals surface area contributed by atoms with Crippen LogP contribution >= 0.6 is 0 Å². The highest BCUT2D eigenvalue weighted by Gasteiger charge is 2.21. The van der Waals surface area contributed by atoms with E-state index in [4.69, 9.17) is 10.5 Å². The average Bonchev–Trinajstić information content (AvgIpc) is 2.63. The van der Waals surface area contributed by atoms with E-state index < -0.39 is 34.0 Å². The first kappa shape index (κ1) is 20.9. The lowest BCUT2D eigenvalue weighted by molar-refractivity contribution is -0.127. The van der Waals surface area contributed by atoms with E-state index in [0.717, 1.165) is 5.56 Å². The number of nitrogens with two attached hydrogens (primary N) is 1. The molecule has 0 aromatic heterocycles. The monoisotopic (exact) mass is 405 g/mol. The van der Waals surface area contributed by atoms with Gasteiger partial charge in [-0.25, -0.2) is 18.0 Å². The van der Waals surface area contributed by atoms with Gasteiger partial charge in [-0.3, -0.25) is 14.8 Å². The van der Waals surface area contributed by atoms with Gasteiger partial charge in [-0.2, -0.15) is 0 Å². The topological polar surface area (TPSA) is 145 Å². The van der Waals surface area contributed by atoms with E-state index in [9.17, 15) is 22.8 Å². The number of amides is 3. The van der Waals surface area contributed by atoms with Gasteiger partial charge in [-0.1, -0.05) is 18.2 Å². The van der Waals surface area contributed by atoms with Crippen LogP contribution in [0.3, 0.4) is 0 Å². The van der Waals surface area contributed by atoms with Crippen molar-refractivity contribution < 1.29 is 27.5 Å². The van der Waals surface area contributed by atoms with Crippen LogP contribution in [0.5, 0.6) is 0 Å². The number of anilines is 1. The molecule has 2 aromatic rings. The summed E-state index contributed by atoms with van der Waals surface area (Å²) in [7, 11) is -3.85. The Morgan fingerprint density at radius 1 is 1.04 bits per heavy atom. The smallest absolute Gasteiger partial charge is 0.338 e. The van der Waals surface area contributed by atoms with Gasteiger partial charge in [0, 0.05) is 0 Å². The second-order valence-corrected chi connectivity index (χ2v) is 7.53. The maximum atomic E-state index is 12.5. The summed E-state index contributed by atoms with van der Waals surface area (Å²) in [6.45, 7) is 3.04. The lowest BCUT2D eigenvalue weighted by Gasteiger charge is -2.13. The zero-order valence-electron chi connectivity index (χ0n) is 15.1. The van der Waals surface area contributed by atoms with Crippen molar-refractivity contribution in [2.45, 2.75) is 24.8 Å². The molecule has 148 valence electrons. The molecule has 0 aliphatic rings. The van der Waals surface area contributed by atoms with Crippen molar-refractivity contribution in [2.24, 2.45) is 5.73 Å². The van der Waals surface area contributed by atoms with Crippen LogP contribution in [0.4, 0.5) is 10.5 Å².